The first-order chi connectivity index (χ1) is 11.0. The van der Waals surface area contributed by atoms with Crippen LogP contribution in [0.5, 0.6) is 5.75 Å². The van der Waals surface area contributed by atoms with E-state index in [1.165, 1.54) is 0 Å². The van der Waals surface area contributed by atoms with Gasteiger partial charge in [0.05, 0.1) is 19.2 Å². The maximum atomic E-state index is 11.8. The van der Waals surface area contributed by atoms with E-state index in [1.54, 1.807) is 13.2 Å². The molecule has 1 aliphatic rings. The third kappa shape index (κ3) is 4.85. The third-order valence-corrected chi connectivity index (χ3v) is 3.87. The molecule has 0 aliphatic carbocycles. The SMILES string of the molecule is COc1ccc(NC(=O)CCC(=O)O)cc1N1CCN(C)CC1. The molecule has 1 amide bonds. The van der Waals surface area contributed by atoms with Crippen LogP contribution < -0.4 is 15.0 Å². The molecule has 0 radical (unpaired) electrons. The van der Waals surface area contributed by atoms with Crippen molar-refractivity contribution in [2.24, 2.45) is 0 Å². The van der Waals surface area contributed by atoms with Crippen molar-refractivity contribution in [2.75, 3.05) is 50.6 Å². The van der Waals surface area contributed by atoms with Gasteiger partial charge in [-0.1, -0.05) is 0 Å². The standard InChI is InChI=1S/C16H23N3O4/c1-18-7-9-19(10-8-18)13-11-12(3-4-14(13)23-2)17-15(20)5-6-16(21)22/h3-4,11H,5-10H2,1-2H3,(H,17,20)(H,21,22). The van der Waals surface area contributed by atoms with Crippen molar-refractivity contribution in [3.63, 3.8) is 0 Å². The van der Waals surface area contributed by atoms with Gasteiger partial charge in [-0.2, -0.15) is 0 Å². The molecule has 7 nitrogen and oxygen atoms in total. The number of amides is 1. The fraction of sp³-hybridized carbons (Fsp3) is 0.500. The van der Waals surface area contributed by atoms with E-state index < -0.39 is 5.97 Å². The molecule has 1 aromatic rings. The lowest BCUT2D eigenvalue weighted by Gasteiger charge is -2.34. The zero-order valence-electron chi connectivity index (χ0n) is 13.5. The van der Waals surface area contributed by atoms with Crippen LogP contribution in [0.2, 0.25) is 0 Å². The highest BCUT2D eigenvalue weighted by Crippen LogP contribution is 2.32. The number of likely N-dealkylation sites (N-methyl/N-ethyl adjacent to an activating group) is 1. The second-order valence-electron chi connectivity index (χ2n) is 5.62. The summed E-state index contributed by atoms with van der Waals surface area (Å²) in [7, 11) is 3.72. The molecule has 0 saturated carbocycles. The van der Waals surface area contributed by atoms with Gasteiger partial charge < -0.3 is 25.0 Å². The number of nitrogens with one attached hydrogen (secondary N) is 1. The minimum Gasteiger partial charge on any atom is -0.495 e. The molecule has 1 aromatic carbocycles. The molecule has 1 heterocycles. The van der Waals surface area contributed by atoms with E-state index in [1.807, 2.05) is 12.1 Å². The van der Waals surface area contributed by atoms with E-state index in [-0.39, 0.29) is 18.7 Å². The number of benzene rings is 1. The Kier molecular flexibility index (Phi) is 5.81. The van der Waals surface area contributed by atoms with Gasteiger partial charge in [0.2, 0.25) is 5.91 Å². The van der Waals surface area contributed by atoms with Crippen LogP contribution in [0, 0.1) is 0 Å². The monoisotopic (exact) mass is 321 g/mol. The van der Waals surface area contributed by atoms with Crippen molar-refractivity contribution in [3.8, 4) is 5.75 Å². The van der Waals surface area contributed by atoms with Crippen LogP contribution in [0.25, 0.3) is 0 Å². The van der Waals surface area contributed by atoms with Crippen LogP contribution in [0.4, 0.5) is 11.4 Å². The molecular weight excluding hydrogens is 298 g/mol. The average molecular weight is 321 g/mol. The van der Waals surface area contributed by atoms with Gasteiger partial charge in [0, 0.05) is 38.3 Å². The van der Waals surface area contributed by atoms with Crippen molar-refractivity contribution < 1.29 is 19.4 Å². The highest BCUT2D eigenvalue weighted by Gasteiger charge is 2.18. The normalized spacial score (nSPS) is 15.3. The summed E-state index contributed by atoms with van der Waals surface area (Å²) in [5.41, 5.74) is 1.59. The van der Waals surface area contributed by atoms with E-state index in [9.17, 15) is 9.59 Å². The topological polar surface area (TPSA) is 82.1 Å². The number of hydrogen-bond acceptors (Lipinski definition) is 5. The smallest absolute Gasteiger partial charge is 0.303 e. The highest BCUT2D eigenvalue weighted by molar-refractivity contribution is 5.93. The maximum absolute atomic E-state index is 11.8. The molecule has 1 fully saturated rings. The quantitative estimate of drug-likeness (QED) is 0.821. The summed E-state index contributed by atoms with van der Waals surface area (Å²) >= 11 is 0. The fourth-order valence-electron chi connectivity index (χ4n) is 2.51. The average Bonchev–Trinajstić information content (AvgIpc) is 2.53. The lowest BCUT2D eigenvalue weighted by atomic mass is 10.2. The van der Waals surface area contributed by atoms with Gasteiger partial charge >= 0.3 is 5.97 Å². The summed E-state index contributed by atoms with van der Waals surface area (Å²) in [6.45, 7) is 3.73. The highest BCUT2D eigenvalue weighted by atomic mass is 16.5. The van der Waals surface area contributed by atoms with Crippen molar-refractivity contribution in [3.05, 3.63) is 18.2 Å². The Balaban J connectivity index is 2.09. The number of ether oxygens (including phenoxy) is 1. The summed E-state index contributed by atoms with van der Waals surface area (Å²) in [4.78, 5) is 26.8. The fourth-order valence-corrected chi connectivity index (χ4v) is 2.51. The number of carboxylic acid groups (broad SMARTS) is 1. The Morgan fingerprint density at radius 3 is 2.52 bits per heavy atom. The maximum Gasteiger partial charge on any atom is 0.303 e. The number of aliphatic carboxylic acids is 1. The number of nitrogens with zero attached hydrogens (tertiary/aromatic N) is 2. The van der Waals surface area contributed by atoms with Crippen LogP contribution in [0.1, 0.15) is 12.8 Å². The van der Waals surface area contributed by atoms with Gasteiger partial charge in [0.1, 0.15) is 5.75 Å². The van der Waals surface area contributed by atoms with E-state index >= 15 is 0 Å². The zero-order valence-corrected chi connectivity index (χ0v) is 13.5. The lowest BCUT2D eigenvalue weighted by Crippen LogP contribution is -2.44. The van der Waals surface area contributed by atoms with E-state index in [4.69, 9.17) is 9.84 Å². The summed E-state index contributed by atoms with van der Waals surface area (Å²) in [5, 5.41) is 11.4. The predicted octanol–water partition coefficient (Wildman–Crippen LogP) is 1.25. The predicted molar refractivity (Wildman–Crippen MR) is 88.2 cm³/mol. The molecule has 1 aliphatic heterocycles. The Labute approximate surface area is 135 Å². The third-order valence-electron chi connectivity index (χ3n) is 3.87. The van der Waals surface area contributed by atoms with E-state index in [0.29, 0.717) is 5.69 Å². The second kappa shape index (κ2) is 7.82. The molecule has 0 aromatic heterocycles. The first-order valence-corrected chi connectivity index (χ1v) is 7.63. The molecule has 2 N–H and O–H groups in total. The first-order valence-electron chi connectivity index (χ1n) is 7.63. The number of carbonyl (C=O) groups excluding carboxylic acids is 1. The molecular formula is C16H23N3O4. The molecule has 23 heavy (non-hydrogen) atoms. The lowest BCUT2D eigenvalue weighted by molar-refractivity contribution is -0.138. The Morgan fingerprint density at radius 1 is 1.22 bits per heavy atom. The van der Waals surface area contributed by atoms with Crippen molar-refractivity contribution in [1.29, 1.82) is 0 Å². The number of hydrogen-bond donors (Lipinski definition) is 2. The first kappa shape index (κ1) is 17.1. The van der Waals surface area contributed by atoms with Gasteiger partial charge in [-0.3, -0.25) is 9.59 Å². The number of carboxylic acids is 1. The molecule has 2 rings (SSSR count). The van der Waals surface area contributed by atoms with Crippen molar-refractivity contribution >= 4 is 23.3 Å². The molecule has 0 atom stereocenters. The van der Waals surface area contributed by atoms with Crippen molar-refractivity contribution in [1.82, 2.24) is 4.90 Å². The minimum atomic E-state index is -0.979. The number of anilines is 2. The van der Waals surface area contributed by atoms with Gasteiger partial charge in [0.25, 0.3) is 0 Å². The van der Waals surface area contributed by atoms with Crippen molar-refractivity contribution in [2.45, 2.75) is 12.8 Å². The zero-order chi connectivity index (χ0) is 16.8. The number of rotatable bonds is 6. The van der Waals surface area contributed by atoms with E-state index in [2.05, 4.69) is 22.2 Å². The van der Waals surface area contributed by atoms with Crippen LogP contribution >= 0.6 is 0 Å². The second-order valence-corrected chi connectivity index (χ2v) is 5.62. The summed E-state index contributed by atoms with van der Waals surface area (Å²) in [6.07, 6.45) is -0.210. The Morgan fingerprint density at radius 2 is 1.91 bits per heavy atom. The van der Waals surface area contributed by atoms with Crippen LogP contribution in [-0.2, 0) is 9.59 Å². The largest absolute Gasteiger partial charge is 0.495 e. The molecule has 0 spiro atoms. The van der Waals surface area contributed by atoms with Gasteiger partial charge in [0.15, 0.2) is 0 Å². The molecule has 1 saturated heterocycles. The van der Waals surface area contributed by atoms with Gasteiger partial charge in [-0.25, -0.2) is 0 Å². The minimum absolute atomic E-state index is 0.0365. The molecule has 0 bridgehead atoms. The number of piperazine rings is 1. The Hall–Kier alpha value is -2.28. The van der Waals surface area contributed by atoms with E-state index in [0.717, 1.165) is 37.6 Å². The number of carbonyl (C=O) groups is 2. The van der Waals surface area contributed by atoms with Crippen LogP contribution in [0.3, 0.4) is 0 Å². The van der Waals surface area contributed by atoms with Crippen LogP contribution in [0.15, 0.2) is 18.2 Å². The van der Waals surface area contributed by atoms with Gasteiger partial charge in [-0.15, -0.1) is 0 Å². The molecule has 0 unspecified atom stereocenters. The summed E-state index contributed by atoms with van der Waals surface area (Å²) < 4.78 is 5.42. The molecule has 126 valence electrons. The van der Waals surface area contributed by atoms with Gasteiger partial charge in [-0.05, 0) is 25.2 Å². The molecule has 7 heteroatoms. The summed E-state index contributed by atoms with van der Waals surface area (Å²) in [5.74, 6) is -0.520. The summed E-state index contributed by atoms with van der Waals surface area (Å²) in [6, 6.07) is 5.46. The Bertz CT molecular complexity index is 568. The number of methoxy groups -OCH3 is 1. The van der Waals surface area contributed by atoms with Crippen LogP contribution in [-0.4, -0.2) is 62.2 Å².